The lowest BCUT2D eigenvalue weighted by Crippen LogP contribution is -2.14. The maximum atomic E-state index is 11.7. The molecule has 16 rings (SSSR count). The van der Waals surface area contributed by atoms with Gasteiger partial charge in [-0.25, -0.2) is 0 Å². The molecule has 0 saturated carbocycles. The number of allylic oxidation sites excluding steroid dienone is 1. The highest BCUT2D eigenvalue weighted by molar-refractivity contribution is 6.19. The molecule has 0 aliphatic heterocycles. The van der Waals surface area contributed by atoms with Crippen LogP contribution in [0.25, 0.3) is 145 Å². The summed E-state index contributed by atoms with van der Waals surface area (Å²) >= 11 is 0. The van der Waals surface area contributed by atoms with Crippen molar-refractivity contribution in [3.8, 4) is 29.2 Å². The first-order valence-electron chi connectivity index (χ1n) is 23.3. The lowest BCUT2D eigenvalue weighted by molar-refractivity contribution is 0.596. The van der Waals surface area contributed by atoms with E-state index in [2.05, 4.69) is 140 Å². The number of benzene rings is 8. The van der Waals surface area contributed by atoms with Crippen LogP contribution in [0.3, 0.4) is 0 Å². The monoisotopic (exact) mass is 893 g/mol. The number of furan rings is 3. The minimum Gasteiger partial charge on any atom is -0.456 e. The Kier molecular flexibility index (Phi) is 7.10. The van der Waals surface area contributed by atoms with Gasteiger partial charge in [-0.1, -0.05) is 90.3 Å². The van der Waals surface area contributed by atoms with Crippen LogP contribution in [-0.4, -0.2) is 13.7 Å². The van der Waals surface area contributed by atoms with E-state index in [0.29, 0.717) is 28.2 Å². The highest BCUT2D eigenvalue weighted by Gasteiger charge is 2.32. The third-order valence-electron chi connectivity index (χ3n) is 14.8. The summed E-state index contributed by atoms with van der Waals surface area (Å²) in [6.45, 7) is 0. The van der Waals surface area contributed by atoms with Gasteiger partial charge < -0.3 is 27.0 Å². The molecule has 0 spiro atoms. The van der Waals surface area contributed by atoms with Gasteiger partial charge in [-0.05, 0) is 91.7 Å². The number of rotatable bonds is 3. The van der Waals surface area contributed by atoms with Crippen molar-refractivity contribution in [2.45, 2.75) is 12.8 Å². The Balaban J connectivity index is 1.16. The quantitative estimate of drug-likeness (QED) is 0.164. The predicted molar refractivity (Wildman–Crippen MR) is 279 cm³/mol. The van der Waals surface area contributed by atoms with Crippen LogP contribution < -0.4 is 0 Å². The second kappa shape index (κ2) is 13.4. The van der Waals surface area contributed by atoms with Crippen LogP contribution in [0, 0.1) is 22.7 Å². The lowest BCUT2D eigenvalue weighted by Gasteiger charge is -2.24. The summed E-state index contributed by atoms with van der Waals surface area (Å²) in [6.07, 6.45) is 9.93. The van der Waals surface area contributed by atoms with E-state index < -0.39 is 0 Å². The highest BCUT2D eigenvalue weighted by Crippen LogP contribution is 2.48. The molecule has 6 aromatic heterocycles. The maximum absolute atomic E-state index is 11.7. The normalized spacial score (nSPS) is 13.2. The summed E-state index contributed by atoms with van der Waals surface area (Å²) < 4.78 is 26.4. The zero-order valence-corrected chi connectivity index (χ0v) is 37.0. The van der Waals surface area contributed by atoms with E-state index in [1.165, 1.54) is 5.56 Å². The second-order valence-corrected chi connectivity index (χ2v) is 18.3. The molecule has 0 atom stereocenters. The third-order valence-corrected chi connectivity index (χ3v) is 14.8. The molecule has 0 amide bonds. The number of hydrogen-bond donors (Lipinski definition) is 0. The fraction of sp³-hybridized carbons (Fsp3) is 0.0323. The van der Waals surface area contributed by atoms with Gasteiger partial charge in [0, 0.05) is 71.1 Å². The van der Waals surface area contributed by atoms with E-state index in [-0.39, 0.29) is 0 Å². The van der Waals surface area contributed by atoms with Crippen LogP contribution in [0.4, 0.5) is 0 Å². The zero-order chi connectivity index (χ0) is 45.9. The fourth-order valence-corrected chi connectivity index (χ4v) is 11.9. The Bertz CT molecular complexity index is 5010. The molecule has 8 nitrogen and oxygen atoms in total. The lowest BCUT2D eigenvalue weighted by atomic mass is 10.00. The van der Waals surface area contributed by atoms with Gasteiger partial charge in [-0.15, -0.1) is 0 Å². The highest BCUT2D eigenvalue weighted by atomic mass is 16.3. The van der Waals surface area contributed by atoms with Crippen molar-refractivity contribution in [2.75, 3.05) is 0 Å². The number of aryl methyl sites for hydroxylation is 1. The van der Waals surface area contributed by atoms with Crippen molar-refractivity contribution in [1.82, 2.24) is 13.7 Å². The van der Waals surface area contributed by atoms with Gasteiger partial charge in [0.05, 0.1) is 61.5 Å². The fourth-order valence-electron chi connectivity index (χ4n) is 11.9. The van der Waals surface area contributed by atoms with Gasteiger partial charge >= 0.3 is 0 Å². The average Bonchev–Trinajstić information content (AvgIpc) is 4.25. The van der Waals surface area contributed by atoms with Gasteiger partial charge in [0.1, 0.15) is 45.8 Å². The molecule has 6 heterocycles. The average molecular weight is 894 g/mol. The number of hydrogen-bond acceptors (Lipinski definition) is 5. The molecule has 0 unspecified atom stereocenters. The van der Waals surface area contributed by atoms with E-state index in [9.17, 15) is 10.5 Å². The summed E-state index contributed by atoms with van der Waals surface area (Å²) in [5, 5.41) is 33.2. The molecular weight excluding hydrogens is 863 g/mol. The number of para-hydroxylation sites is 4. The number of fused-ring (bicyclic) bond motifs is 18. The van der Waals surface area contributed by atoms with Crippen LogP contribution in [0.15, 0.2) is 170 Å². The van der Waals surface area contributed by atoms with E-state index in [0.717, 1.165) is 139 Å². The molecule has 8 heteroatoms. The van der Waals surface area contributed by atoms with Crippen LogP contribution in [0.5, 0.6) is 0 Å². The molecule has 0 bridgehead atoms. The standard InChI is InChI=1S/C62H31N5O3/c63-32-34-25-35(33-64)61(66-49-20-8-2-14-37(49)43-30-58-46(27-52(43)66)40-17-5-11-23-55(40)69-58)62(67-50-21-9-3-15-38(50)44-31-59-47(28-53(44)67)41-18-6-12-24-56(41)70-59)60(34)65-48-19-7-1-13-36(48)42-29-57-45(26-51(42)65)39-16-4-10-22-54(39)68-57/h1,3-5,7,9-17,19-31H,6,18H2. The maximum Gasteiger partial charge on any atom is 0.136 e. The SMILES string of the molecule is N#Cc1cc(C#N)c(-n2c3ccccc3c3cc4oc5ccccc5c4cc32)c(-n2c3ccccc3c3cc4oc5c(c4cc32)CCC=C5)c1-n1c2c(c3cc4oc5ccccc5c4cc31)C=C=C=C2. The molecule has 0 saturated heterocycles. The topological polar surface area (TPSA) is 102 Å². The molecule has 2 aliphatic rings. The van der Waals surface area contributed by atoms with Crippen LogP contribution in [0.2, 0.25) is 0 Å². The van der Waals surface area contributed by atoms with Gasteiger partial charge in [0.2, 0.25) is 0 Å². The summed E-state index contributed by atoms with van der Waals surface area (Å²) in [5.41, 5.74) is 20.4. The van der Waals surface area contributed by atoms with Crippen LogP contribution in [0.1, 0.15) is 40.1 Å². The Morgan fingerprint density at radius 1 is 0.429 bits per heavy atom. The molecule has 8 aromatic carbocycles. The van der Waals surface area contributed by atoms with Gasteiger partial charge in [-0.3, -0.25) is 0 Å². The predicted octanol–water partition coefficient (Wildman–Crippen LogP) is 15.9. The summed E-state index contributed by atoms with van der Waals surface area (Å²) in [6, 6.07) is 53.0. The molecule has 70 heavy (non-hydrogen) atoms. The first kappa shape index (κ1) is 37.2. The first-order valence-corrected chi connectivity index (χ1v) is 23.3. The molecule has 2 aliphatic carbocycles. The largest absolute Gasteiger partial charge is 0.456 e. The Morgan fingerprint density at radius 2 is 0.943 bits per heavy atom. The van der Waals surface area contributed by atoms with Crippen molar-refractivity contribution in [2.24, 2.45) is 0 Å². The summed E-state index contributed by atoms with van der Waals surface area (Å²) in [7, 11) is 0. The van der Waals surface area contributed by atoms with Gasteiger partial charge in [-0.2, -0.15) is 10.5 Å². The van der Waals surface area contributed by atoms with Crippen molar-refractivity contribution in [1.29, 1.82) is 10.5 Å². The van der Waals surface area contributed by atoms with E-state index in [1.807, 2.05) is 54.6 Å². The van der Waals surface area contributed by atoms with E-state index in [1.54, 1.807) is 6.07 Å². The molecule has 0 fully saturated rings. The Morgan fingerprint density at radius 3 is 1.59 bits per heavy atom. The van der Waals surface area contributed by atoms with Crippen molar-refractivity contribution in [3.63, 3.8) is 0 Å². The third kappa shape index (κ3) is 4.72. The summed E-state index contributed by atoms with van der Waals surface area (Å²) in [5.74, 6) is 0.879. The minimum absolute atomic E-state index is 0.334. The number of aromatic nitrogens is 3. The molecule has 322 valence electrons. The van der Waals surface area contributed by atoms with Crippen LogP contribution >= 0.6 is 0 Å². The molecule has 14 aromatic rings. The molecule has 0 N–H and O–H groups in total. The summed E-state index contributed by atoms with van der Waals surface area (Å²) in [4.78, 5) is 0. The number of nitrogens with zero attached hydrogens (tertiary/aromatic N) is 5. The minimum atomic E-state index is 0.334. The smallest absolute Gasteiger partial charge is 0.136 e. The van der Waals surface area contributed by atoms with E-state index >= 15 is 0 Å². The number of nitriles is 2. The Hall–Kier alpha value is -9.94. The van der Waals surface area contributed by atoms with Crippen LogP contribution in [-0.2, 0) is 6.42 Å². The van der Waals surface area contributed by atoms with Gasteiger partial charge in [0.25, 0.3) is 0 Å². The zero-order valence-electron chi connectivity index (χ0n) is 37.0. The second-order valence-electron chi connectivity index (χ2n) is 18.3. The molecular formula is C62H31N5O3. The van der Waals surface area contributed by atoms with Crippen molar-refractivity contribution in [3.05, 3.63) is 191 Å². The van der Waals surface area contributed by atoms with Crippen molar-refractivity contribution >= 4 is 128 Å². The Labute approximate surface area is 396 Å². The van der Waals surface area contributed by atoms with Gasteiger partial charge in [0.15, 0.2) is 0 Å². The van der Waals surface area contributed by atoms with E-state index in [4.69, 9.17) is 13.3 Å². The first-order chi connectivity index (χ1) is 34.6. The van der Waals surface area contributed by atoms with Crippen molar-refractivity contribution < 1.29 is 13.3 Å². The molecule has 0 radical (unpaired) electrons.